The van der Waals surface area contributed by atoms with Crippen molar-refractivity contribution in [2.45, 2.75) is 26.7 Å². The summed E-state index contributed by atoms with van der Waals surface area (Å²) in [7, 11) is 0. The number of benzene rings is 2. The fourth-order valence-electron chi connectivity index (χ4n) is 2.38. The fourth-order valence-corrected chi connectivity index (χ4v) is 2.38. The largest absolute Gasteiger partial charge is 0.292 e. The summed E-state index contributed by atoms with van der Waals surface area (Å²) in [4.78, 5) is 47.5. The van der Waals surface area contributed by atoms with Gasteiger partial charge in [-0.05, 0) is 30.3 Å². The van der Waals surface area contributed by atoms with E-state index >= 15 is 0 Å². The monoisotopic (exact) mass is 382 g/mol. The minimum atomic E-state index is -0.569. The highest BCUT2D eigenvalue weighted by Crippen LogP contribution is 2.26. The Morgan fingerprint density at radius 2 is 1.46 bits per heavy atom. The van der Waals surface area contributed by atoms with Gasteiger partial charge in [0.25, 0.3) is 11.8 Å². The Hall–Kier alpha value is -3.52. The van der Waals surface area contributed by atoms with Gasteiger partial charge in [-0.25, -0.2) is 5.84 Å². The predicted molar refractivity (Wildman–Crippen MR) is 105 cm³/mol. The van der Waals surface area contributed by atoms with Gasteiger partial charge < -0.3 is 0 Å². The van der Waals surface area contributed by atoms with Gasteiger partial charge in [0.15, 0.2) is 0 Å². The number of carbonyl (C=O) groups is 4. The molecule has 0 radical (unpaired) electrons. The molecule has 8 heteroatoms. The Labute approximate surface area is 162 Å². The number of hydrogen-bond acceptors (Lipinski definition) is 6. The van der Waals surface area contributed by atoms with Crippen molar-refractivity contribution in [2.75, 3.05) is 5.01 Å². The summed E-state index contributed by atoms with van der Waals surface area (Å²) in [6.45, 7) is 3.29. The van der Waals surface area contributed by atoms with Crippen LogP contribution in [0.1, 0.15) is 47.4 Å². The Morgan fingerprint density at radius 3 is 2.11 bits per heavy atom. The molecular weight excluding hydrogens is 360 g/mol. The molecule has 0 spiro atoms. The molecule has 2 rings (SSSR count). The van der Waals surface area contributed by atoms with Crippen molar-refractivity contribution in [1.29, 1.82) is 0 Å². The smallest absolute Gasteiger partial charge is 0.260 e. The number of amides is 4. The van der Waals surface area contributed by atoms with Crippen molar-refractivity contribution in [1.82, 2.24) is 10.6 Å². The predicted octanol–water partition coefficient (Wildman–Crippen LogP) is 2.03. The van der Waals surface area contributed by atoms with Crippen LogP contribution in [0, 0.1) is 0 Å². The van der Waals surface area contributed by atoms with Crippen LogP contribution in [0.2, 0.25) is 0 Å². The minimum absolute atomic E-state index is 0.174. The number of imide groups is 2. The molecule has 8 nitrogen and oxygen atoms in total. The van der Waals surface area contributed by atoms with E-state index in [4.69, 9.17) is 5.84 Å². The molecule has 0 heterocycles. The molecule has 0 fully saturated rings. The second kappa shape index (κ2) is 9.43. The molecule has 2 aromatic carbocycles. The van der Waals surface area contributed by atoms with Crippen molar-refractivity contribution < 1.29 is 19.2 Å². The Bertz CT molecular complexity index is 911. The number of nitrogens with two attached hydrogens (primary N) is 1. The number of anilines is 2. The second-order valence-electron chi connectivity index (χ2n) is 5.90. The maximum atomic E-state index is 12.4. The summed E-state index contributed by atoms with van der Waals surface area (Å²) in [6.07, 6.45) is 0.362. The van der Waals surface area contributed by atoms with Crippen molar-refractivity contribution in [3.05, 3.63) is 59.7 Å². The molecule has 0 aliphatic heterocycles. The molecule has 0 aliphatic carbocycles. The van der Waals surface area contributed by atoms with Crippen molar-refractivity contribution in [3.8, 4) is 0 Å². The standard InChI is InChI=1S/C20H22N4O4/c1-3-17(25)22-19(27)13-8-7-9-14(12-13)24(21)16-11-6-5-10-15(16)20(28)23-18(26)4-2/h5-12H,3-4,21H2,1-2H3,(H,22,25,27)(H,23,26,28). The number of rotatable bonds is 6. The zero-order chi connectivity index (χ0) is 20.7. The van der Waals surface area contributed by atoms with E-state index in [1.165, 1.54) is 11.1 Å². The lowest BCUT2D eigenvalue weighted by Gasteiger charge is -2.22. The van der Waals surface area contributed by atoms with Crippen LogP contribution in [0.15, 0.2) is 48.5 Å². The van der Waals surface area contributed by atoms with Crippen molar-refractivity contribution in [3.63, 3.8) is 0 Å². The topological polar surface area (TPSA) is 122 Å². The van der Waals surface area contributed by atoms with E-state index in [2.05, 4.69) is 10.6 Å². The van der Waals surface area contributed by atoms with E-state index < -0.39 is 17.7 Å². The molecule has 28 heavy (non-hydrogen) atoms. The molecule has 4 N–H and O–H groups in total. The van der Waals surface area contributed by atoms with Crippen LogP contribution in [0.4, 0.5) is 11.4 Å². The van der Waals surface area contributed by atoms with Crippen molar-refractivity contribution in [2.24, 2.45) is 5.84 Å². The van der Waals surface area contributed by atoms with E-state index in [1.54, 1.807) is 56.3 Å². The summed E-state index contributed by atoms with van der Waals surface area (Å²) in [5, 5.41) is 5.80. The highest BCUT2D eigenvalue weighted by Gasteiger charge is 2.18. The van der Waals surface area contributed by atoms with Crippen LogP contribution in [0.25, 0.3) is 0 Å². The van der Waals surface area contributed by atoms with E-state index in [9.17, 15) is 19.2 Å². The van der Waals surface area contributed by atoms with Gasteiger partial charge in [-0.2, -0.15) is 0 Å². The van der Waals surface area contributed by atoms with Gasteiger partial charge in [0.05, 0.1) is 16.9 Å². The Kier molecular flexibility index (Phi) is 7.00. The first-order valence-electron chi connectivity index (χ1n) is 8.79. The normalized spacial score (nSPS) is 10.1. The molecule has 0 aromatic heterocycles. The van der Waals surface area contributed by atoms with Gasteiger partial charge in [0, 0.05) is 18.4 Å². The molecule has 0 bridgehead atoms. The Morgan fingerprint density at radius 1 is 0.857 bits per heavy atom. The molecule has 0 unspecified atom stereocenters. The van der Waals surface area contributed by atoms with E-state index in [0.717, 1.165) is 0 Å². The molecule has 0 aliphatic rings. The number of nitrogens with zero attached hydrogens (tertiary/aromatic N) is 1. The number of hydrogen-bond donors (Lipinski definition) is 3. The van der Waals surface area contributed by atoms with Crippen LogP contribution < -0.4 is 21.5 Å². The first-order chi connectivity index (χ1) is 13.4. The van der Waals surface area contributed by atoms with Gasteiger partial charge in [-0.3, -0.25) is 34.8 Å². The van der Waals surface area contributed by atoms with Crippen LogP contribution in [0.5, 0.6) is 0 Å². The van der Waals surface area contributed by atoms with Gasteiger partial charge in [-0.1, -0.05) is 32.0 Å². The molecule has 2 aromatic rings. The third-order valence-electron chi connectivity index (χ3n) is 3.94. The summed E-state index contributed by atoms with van der Waals surface area (Å²) >= 11 is 0. The van der Waals surface area contributed by atoms with Gasteiger partial charge >= 0.3 is 0 Å². The zero-order valence-electron chi connectivity index (χ0n) is 15.7. The van der Waals surface area contributed by atoms with Gasteiger partial charge in [0.1, 0.15) is 0 Å². The van der Waals surface area contributed by atoms with E-state index in [-0.39, 0.29) is 29.9 Å². The maximum absolute atomic E-state index is 12.4. The quantitative estimate of drug-likeness (QED) is 0.519. The lowest BCUT2D eigenvalue weighted by Crippen LogP contribution is -2.33. The van der Waals surface area contributed by atoms with E-state index in [0.29, 0.717) is 11.4 Å². The van der Waals surface area contributed by atoms with Crippen LogP contribution in [0.3, 0.4) is 0 Å². The summed E-state index contributed by atoms with van der Waals surface area (Å²) < 4.78 is 0. The summed E-state index contributed by atoms with van der Waals surface area (Å²) in [5.41, 5.74) is 1.24. The van der Waals surface area contributed by atoms with Crippen LogP contribution in [-0.4, -0.2) is 23.6 Å². The molecule has 0 saturated heterocycles. The molecule has 4 amide bonds. The minimum Gasteiger partial charge on any atom is -0.292 e. The summed E-state index contributed by atoms with van der Waals surface area (Å²) in [6, 6.07) is 12.8. The number of nitrogens with one attached hydrogen (secondary N) is 2. The maximum Gasteiger partial charge on any atom is 0.260 e. The third-order valence-corrected chi connectivity index (χ3v) is 3.94. The lowest BCUT2D eigenvalue weighted by atomic mass is 10.1. The molecule has 0 atom stereocenters. The highest BCUT2D eigenvalue weighted by molar-refractivity contribution is 6.08. The molecule has 146 valence electrons. The lowest BCUT2D eigenvalue weighted by molar-refractivity contribution is -0.120. The summed E-state index contributed by atoms with van der Waals surface area (Å²) in [5.74, 6) is 4.29. The second-order valence-corrected chi connectivity index (χ2v) is 5.90. The highest BCUT2D eigenvalue weighted by atomic mass is 16.2. The fraction of sp³-hybridized carbons (Fsp3) is 0.200. The number of para-hydroxylation sites is 1. The van der Waals surface area contributed by atoms with Gasteiger partial charge in [0.2, 0.25) is 11.8 Å². The Balaban J connectivity index is 2.32. The first-order valence-corrected chi connectivity index (χ1v) is 8.79. The first kappa shape index (κ1) is 20.8. The van der Waals surface area contributed by atoms with E-state index in [1.807, 2.05) is 0 Å². The van der Waals surface area contributed by atoms with Crippen LogP contribution >= 0.6 is 0 Å². The average Bonchev–Trinajstić information content (AvgIpc) is 2.72. The third kappa shape index (κ3) is 5.01. The van der Waals surface area contributed by atoms with Gasteiger partial charge in [-0.15, -0.1) is 0 Å². The molecule has 0 saturated carbocycles. The zero-order valence-corrected chi connectivity index (χ0v) is 15.7. The SMILES string of the molecule is CCC(=O)NC(=O)c1cccc(N(N)c2ccccc2C(=O)NC(=O)CC)c1. The molecular formula is C20H22N4O4. The average molecular weight is 382 g/mol. The van der Waals surface area contributed by atoms with Crippen molar-refractivity contribution >= 4 is 35.0 Å². The number of carbonyl (C=O) groups excluding carboxylic acids is 4. The number of hydrazine groups is 1. The van der Waals surface area contributed by atoms with Crippen LogP contribution in [-0.2, 0) is 9.59 Å².